The molecule has 0 aliphatic heterocycles. The lowest BCUT2D eigenvalue weighted by Gasteiger charge is -2.06. The van der Waals surface area contributed by atoms with Gasteiger partial charge < -0.3 is 5.32 Å². The van der Waals surface area contributed by atoms with Gasteiger partial charge in [-0.05, 0) is 25.6 Å². The van der Waals surface area contributed by atoms with Crippen LogP contribution in [0.2, 0.25) is 0 Å². The number of sulfonamides is 1. The molecule has 0 aromatic heterocycles. The number of carbonyl (C=O) groups is 1. The standard InChI is InChI=1S/C13H18N2O3S/c1-11(10-12-6-4-3-5-7-12)13(16)15-8-9-19(17,18)14-2/h3-7,10,14H,8-9H2,1-2H3,(H,15,16)/b11-10+. The highest BCUT2D eigenvalue weighted by Gasteiger charge is 2.08. The number of rotatable bonds is 6. The van der Waals surface area contributed by atoms with Crippen molar-refractivity contribution in [2.24, 2.45) is 0 Å². The van der Waals surface area contributed by atoms with E-state index in [0.717, 1.165) is 5.56 Å². The van der Waals surface area contributed by atoms with Crippen LogP contribution in [0.15, 0.2) is 35.9 Å². The topological polar surface area (TPSA) is 75.3 Å². The Hall–Kier alpha value is -1.66. The van der Waals surface area contributed by atoms with Crippen LogP contribution in [0.1, 0.15) is 12.5 Å². The minimum Gasteiger partial charge on any atom is -0.351 e. The van der Waals surface area contributed by atoms with Gasteiger partial charge in [0.05, 0.1) is 5.75 Å². The molecule has 0 unspecified atom stereocenters. The van der Waals surface area contributed by atoms with Gasteiger partial charge in [-0.2, -0.15) is 0 Å². The molecule has 0 spiro atoms. The second kappa shape index (κ2) is 7.06. The minimum atomic E-state index is -3.28. The number of carbonyl (C=O) groups excluding carboxylic acids is 1. The molecule has 0 fully saturated rings. The van der Waals surface area contributed by atoms with E-state index in [1.165, 1.54) is 7.05 Å². The van der Waals surface area contributed by atoms with Crippen LogP contribution in [0.3, 0.4) is 0 Å². The van der Waals surface area contributed by atoms with Gasteiger partial charge in [0.25, 0.3) is 0 Å². The zero-order valence-corrected chi connectivity index (χ0v) is 11.8. The third-order valence-electron chi connectivity index (χ3n) is 2.51. The molecule has 0 heterocycles. The van der Waals surface area contributed by atoms with Crippen LogP contribution in [0.5, 0.6) is 0 Å². The van der Waals surface area contributed by atoms with Gasteiger partial charge in [0, 0.05) is 12.1 Å². The van der Waals surface area contributed by atoms with Crippen LogP contribution in [0, 0.1) is 0 Å². The van der Waals surface area contributed by atoms with Crippen molar-refractivity contribution in [3.63, 3.8) is 0 Å². The van der Waals surface area contributed by atoms with Gasteiger partial charge in [0.15, 0.2) is 0 Å². The summed E-state index contributed by atoms with van der Waals surface area (Å²) in [4.78, 5) is 11.7. The van der Waals surface area contributed by atoms with Crippen LogP contribution in [-0.4, -0.2) is 33.7 Å². The zero-order valence-electron chi connectivity index (χ0n) is 11.0. The van der Waals surface area contributed by atoms with Crippen molar-refractivity contribution in [1.29, 1.82) is 0 Å². The van der Waals surface area contributed by atoms with Gasteiger partial charge in [-0.1, -0.05) is 30.3 Å². The summed E-state index contributed by atoms with van der Waals surface area (Å²) in [7, 11) is -1.94. The fourth-order valence-corrected chi connectivity index (χ4v) is 1.98. The molecular formula is C13H18N2O3S. The molecule has 1 aromatic carbocycles. The lowest BCUT2D eigenvalue weighted by Crippen LogP contribution is -2.33. The predicted octanol–water partition coefficient (Wildman–Crippen LogP) is 0.755. The smallest absolute Gasteiger partial charge is 0.246 e. The van der Waals surface area contributed by atoms with E-state index in [4.69, 9.17) is 0 Å². The molecule has 0 saturated heterocycles. The second-order valence-electron chi connectivity index (χ2n) is 4.02. The molecule has 2 N–H and O–H groups in total. The fourth-order valence-electron chi connectivity index (χ4n) is 1.41. The summed E-state index contributed by atoms with van der Waals surface area (Å²) in [6, 6.07) is 9.45. The summed E-state index contributed by atoms with van der Waals surface area (Å²) >= 11 is 0. The third kappa shape index (κ3) is 5.67. The first-order valence-electron chi connectivity index (χ1n) is 5.87. The Morgan fingerprint density at radius 1 is 1.26 bits per heavy atom. The SMILES string of the molecule is CNS(=O)(=O)CCNC(=O)/C(C)=C/c1ccccc1. The first kappa shape index (κ1) is 15.4. The maximum absolute atomic E-state index is 11.7. The molecule has 1 aromatic rings. The van der Waals surface area contributed by atoms with Crippen LogP contribution in [-0.2, 0) is 14.8 Å². The fraction of sp³-hybridized carbons (Fsp3) is 0.308. The molecule has 0 atom stereocenters. The lowest BCUT2D eigenvalue weighted by molar-refractivity contribution is -0.117. The highest BCUT2D eigenvalue weighted by atomic mass is 32.2. The Morgan fingerprint density at radius 3 is 2.47 bits per heavy atom. The Bertz CT molecular complexity index is 551. The molecule has 5 nitrogen and oxygen atoms in total. The monoisotopic (exact) mass is 282 g/mol. The summed E-state index contributed by atoms with van der Waals surface area (Å²) in [5.74, 6) is -0.399. The highest BCUT2D eigenvalue weighted by molar-refractivity contribution is 7.89. The third-order valence-corrected chi connectivity index (χ3v) is 3.87. The summed E-state index contributed by atoms with van der Waals surface area (Å²) in [5.41, 5.74) is 1.46. The van der Waals surface area contributed by atoms with Gasteiger partial charge in [0.2, 0.25) is 15.9 Å². The first-order valence-corrected chi connectivity index (χ1v) is 7.52. The molecule has 0 aliphatic carbocycles. The number of amides is 1. The average Bonchev–Trinajstić information content (AvgIpc) is 2.39. The molecule has 104 valence electrons. The molecule has 1 rings (SSSR count). The maximum atomic E-state index is 11.7. The first-order chi connectivity index (χ1) is 8.94. The average molecular weight is 282 g/mol. The summed E-state index contributed by atoms with van der Waals surface area (Å²) in [5, 5.41) is 2.57. The Balaban J connectivity index is 2.52. The largest absolute Gasteiger partial charge is 0.351 e. The van der Waals surface area contributed by atoms with Gasteiger partial charge in [0.1, 0.15) is 0 Å². The van der Waals surface area contributed by atoms with Crippen molar-refractivity contribution in [2.75, 3.05) is 19.3 Å². The maximum Gasteiger partial charge on any atom is 0.246 e. The van der Waals surface area contributed by atoms with Crippen molar-refractivity contribution in [3.05, 3.63) is 41.5 Å². The Labute approximate surface area is 113 Å². The molecule has 19 heavy (non-hydrogen) atoms. The van der Waals surface area contributed by atoms with Crippen molar-refractivity contribution in [3.8, 4) is 0 Å². The van der Waals surface area contributed by atoms with Gasteiger partial charge >= 0.3 is 0 Å². The Morgan fingerprint density at radius 2 is 1.89 bits per heavy atom. The quantitative estimate of drug-likeness (QED) is 0.756. The summed E-state index contributed by atoms with van der Waals surface area (Å²) in [6.45, 7) is 1.77. The van der Waals surface area contributed by atoms with E-state index < -0.39 is 10.0 Å². The van der Waals surface area contributed by atoms with Gasteiger partial charge in [-0.15, -0.1) is 0 Å². The van der Waals surface area contributed by atoms with E-state index >= 15 is 0 Å². The van der Waals surface area contributed by atoms with E-state index in [2.05, 4.69) is 10.0 Å². The van der Waals surface area contributed by atoms with E-state index in [0.29, 0.717) is 5.57 Å². The Kier molecular flexibility index (Phi) is 5.72. The van der Waals surface area contributed by atoms with E-state index in [1.54, 1.807) is 13.0 Å². The van der Waals surface area contributed by atoms with Crippen LogP contribution in [0.25, 0.3) is 6.08 Å². The van der Waals surface area contributed by atoms with E-state index in [1.807, 2.05) is 30.3 Å². The predicted molar refractivity (Wildman–Crippen MR) is 75.9 cm³/mol. The highest BCUT2D eigenvalue weighted by Crippen LogP contribution is 2.05. The van der Waals surface area contributed by atoms with Gasteiger partial charge in [-0.3, -0.25) is 4.79 Å². The van der Waals surface area contributed by atoms with Crippen molar-refractivity contribution in [1.82, 2.24) is 10.0 Å². The van der Waals surface area contributed by atoms with Crippen molar-refractivity contribution < 1.29 is 13.2 Å². The lowest BCUT2D eigenvalue weighted by atomic mass is 10.1. The number of hydrogen-bond donors (Lipinski definition) is 2. The summed E-state index contributed by atoms with van der Waals surface area (Å²) in [6.07, 6.45) is 1.75. The molecule has 0 aliphatic rings. The van der Waals surface area contributed by atoms with E-state index in [9.17, 15) is 13.2 Å². The number of hydrogen-bond acceptors (Lipinski definition) is 3. The normalized spacial score (nSPS) is 12.2. The number of benzene rings is 1. The van der Waals surface area contributed by atoms with E-state index in [-0.39, 0.29) is 18.2 Å². The minimum absolute atomic E-state index is 0.0853. The molecule has 0 radical (unpaired) electrons. The van der Waals surface area contributed by atoms with Crippen molar-refractivity contribution in [2.45, 2.75) is 6.92 Å². The number of nitrogens with one attached hydrogen (secondary N) is 2. The van der Waals surface area contributed by atoms with Crippen LogP contribution < -0.4 is 10.0 Å². The zero-order chi connectivity index (χ0) is 14.3. The molecule has 1 amide bonds. The second-order valence-corrected chi connectivity index (χ2v) is 6.06. The van der Waals surface area contributed by atoms with Crippen molar-refractivity contribution >= 4 is 22.0 Å². The van der Waals surface area contributed by atoms with Crippen LogP contribution in [0.4, 0.5) is 0 Å². The molecule has 0 saturated carbocycles. The summed E-state index contributed by atoms with van der Waals surface area (Å²) < 4.78 is 24.5. The molecule has 0 bridgehead atoms. The van der Waals surface area contributed by atoms with Crippen LogP contribution >= 0.6 is 0 Å². The van der Waals surface area contributed by atoms with Gasteiger partial charge in [-0.25, -0.2) is 13.1 Å². The molecule has 6 heteroatoms. The molecular weight excluding hydrogens is 264 g/mol.